The van der Waals surface area contributed by atoms with E-state index in [1.54, 1.807) is 0 Å². The Bertz CT molecular complexity index is 894. The molecule has 2 aromatic rings. The topological polar surface area (TPSA) is 62.0 Å². The third-order valence-corrected chi connectivity index (χ3v) is 6.05. The molecule has 0 spiro atoms. The smallest absolute Gasteiger partial charge is 0.201 e. The third-order valence-electron chi connectivity index (χ3n) is 6.05. The van der Waals surface area contributed by atoms with Gasteiger partial charge in [0.25, 0.3) is 0 Å². The Morgan fingerprint density at radius 2 is 1.93 bits per heavy atom. The van der Waals surface area contributed by atoms with E-state index in [2.05, 4.69) is 60.7 Å². The minimum absolute atomic E-state index is 0.259. The first-order chi connectivity index (χ1) is 14.0. The number of fused-ring (bicyclic) bond motifs is 1. The lowest BCUT2D eigenvalue weighted by Crippen LogP contribution is -2.41. The van der Waals surface area contributed by atoms with Gasteiger partial charge in [-0.05, 0) is 58.7 Å². The Balaban J connectivity index is 1.84. The van der Waals surface area contributed by atoms with Crippen LogP contribution in [-0.2, 0) is 4.74 Å². The average molecular weight is 399 g/mol. The highest BCUT2D eigenvalue weighted by Crippen LogP contribution is 2.39. The fraction of sp³-hybridized carbons (Fsp3) is 0.609. The molecule has 1 fully saturated rings. The van der Waals surface area contributed by atoms with Crippen LogP contribution in [0.2, 0.25) is 0 Å². The van der Waals surface area contributed by atoms with E-state index < -0.39 is 0 Å². The SMILES string of the molecule is CC(C)Nc1ccc2c(c1)c(C1=NCCN(C(C)C)C1)c(O)n2C1CCOCC1. The molecule has 0 bridgehead atoms. The monoisotopic (exact) mass is 398 g/mol. The number of hydrogen-bond donors (Lipinski definition) is 2. The zero-order valence-electron chi connectivity index (χ0n) is 18.1. The maximum absolute atomic E-state index is 11.4. The third kappa shape index (κ3) is 4.01. The molecule has 3 heterocycles. The number of benzene rings is 1. The molecule has 2 aliphatic rings. The van der Waals surface area contributed by atoms with Crippen molar-refractivity contribution in [3.63, 3.8) is 0 Å². The molecule has 6 nitrogen and oxygen atoms in total. The highest BCUT2D eigenvalue weighted by molar-refractivity contribution is 6.15. The van der Waals surface area contributed by atoms with Crippen LogP contribution in [0.5, 0.6) is 5.88 Å². The minimum Gasteiger partial charge on any atom is -0.494 e. The lowest BCUT2D eigenvalue weighted by atomic mass is 10.0. The van der Waals surface area contributed by atoms with E-state index in [0.717, 1.165) is 73.6 Å². The molecule has 0 aliphatic carbocycles. The van der Waals surface area contributed by atoms with Crippen LogP contribution < -0.4 is 5.32 Å². The van der Waals surface area contributed by atoms with Gasteiger partial charge in [-0.2, -0.15) is 0 Å². The van der Waals surface area contributed by atoms with E-state index >= 15 is 0 Å². The minimum atomic E-state index is 0.259. The number of aromatic nitrogens is 1. The zero-order chi connectivity index (χ0) is 20.5. The number of aliphatic imine (C=N–C) groups is 1. The molecule has 158 valence electrons. The molecule has 1 aromatic heterocycles. The van der Waals surface area contributed by atoms with Crippen molar-refractivity contribution in [3.8, 4) is 5.88 Å². The molecule has 0 radical (unpaired) electrons. The first-order valence-electron chi connectivity index (χ1n) is 10.9. The summed E-state index contributed by atoms with van der Waals surface area (Å²) in [5.41, 5.74) is 4.07. The number of aromatic hydroxyl groups is 1. The van der Waals surface area contributed by atoms with Gasteiger partial charge in [0.1, 0.15) is 0 Å². The Morgan fingerprint density at radius 1 is 1.17 bits per heavy atom. The van der Waals surface area contributed by atoms with E-state index in [1.807, 2.05) is 0 Å². The lowest BCUT2D eigenvalue weighted by molar-refractivity contribution is 0.0688. The second-order valence-electron chi connectivity index (χ2n) is 8.84. The van der Waals surface area contributed by atoms with Crippen molar-refractivity contribution in [1.82, 2.24) is 9.47 Å². The van der Waals surface area contributed by atoms with Crippen LogP contribution in [0.4, 0.5) is 5.69 Å². The van der Waals surface area contributed by atoms with E-state index in [-0.39, 0.29) is 6.04 Å². The molecule has 29 heavy (non-hydrogen) atoms. The number of ether oxygens (including phenoxy) is 1. The summed E-state index contributed by atoms with van der Waals surface area (Å²) < 4.78 is 7.69. The largest absolute Gasteiger partial charge is 0.494 e. The maximum Gasteiger partial charge on any atom is 0.201 e. The molecule has 2 aliphatic heterocycles. The van der Waals surface area contributed by atoms with Crippen LogP contribution in [0.25, 0.3) is 10.9 Å². The van der Waals surface area contributed by atoms with Crippen molar-refractivity contribution in [2.45, 2.75) is 58.7 Å². The fourth-order valence-corrected chi connectivity index (χ4v) is 4.56. The van der Waals surface area contributed by atoms with Gasteiger partial charge < -0.3 is 19.7 Å². The molecule has 2 N–H and O–H groups in total. The van der Waals surface area contributed by atoms with Gasteiger partial charge in [0.15, 0.2) is 0 Å². The zero-order valence-corrected chi connectivity index (χ0v) is 18.1. The standard InChI is InChI=1S/C23H34N4O2/c1-15(2)25-17-5-6-21-19(13-17)22(20-14-26(16(3)4)10-9-24-20)23(28)27(21)18-7-11-29-12-8-18/h5-6,13,15-16,18,25,28H,7-12,14H2,1-4H3. The number of nitrogens with one attached hydrogen (secondary N) is 1. The summed E-state index contributed by atoms with van der Waals surface area (Å²) in [7, 11) is 0. The van der Waals surface area contributed by atoms with Crippen molar-refractivity contribution >= 4 is 22.3 Å². The second kappa shape index (κ2) is 8.36. The number of anilines is 1. The maximum atomic E-state index is 11.4. The molecule has 0 unspecified atom stereocenters. The van der Waals surface area contributed by atoms with Crippen LogP contribution in [0.3, 0.4) is 0 Å². The highest BCUT2D eigenvalue weighted by Gasteiger charge is 2.29. The average Bonchev–Trinajstić information content (AvgIpc) is 2.99. The van der Waals surface area contributed by atoms with Gasteiger partial charge in [0.05, 0.1) is 23.3 Å². The normalized spacial score (nSPS) is 19.3. The summed E-state index contributed by atoms with van der Waals surface area (Å²) in [4.78, 5) is 7.28. The van der Waals surface area contributed by atoms with E-state index in [4.69, 9.17) is 9.73 Å². The van der Waals surface area contributed by atoms with Crippen LogP contribution in [0.15, 0.2) is 23.2 Å². The fourth-order valence-electron chi connectivity index (χ4n) is 4.56. The van der Waals surface area contributed by atoms with Crippen LogP contribution in [0, 0.1) is 0 Å². The van der Waals surface area contributed by atoms with Gasteiger partial charge in [-0.15, -0.1) is 0 Å². The predicted molar refractivity (Wildman–Crippen MR) is 120 cm³/mol. The summed E-state index contributed by atoms with van der Waals surface area (Å²) in [6.45, 7) is 12.7. The van der Waals surface area contributed by atoms with E-state index in [1.165, 1.54) is 0 Å². The summed E-state index contributed by atoms with van der Waals surface area (Å²) in [6.07, 6.45) is 1.85. The van der Waals surface area contributed by atoms with Gasteiger partial charge in [-0.1, -0.05) is 0 Å². The van der Waals surface area contributed by atoms with Crippen molar-refractivity contribution in [2.75, 3.05) is 38.2 Å². The van der Waals surface area contributed by atoms with Crippen LogP contribution in [-0.4, -0.2) is 65.2 Å². The summed E-state index contributed by atoms with van der Waals surface area (Å²) in [6, 6.07) is 7.51. The Hall–Kier alpha value is -2.05. The van der Waals surface area contributed by atoms with Gasteiger partial charge >= 0.3 is 0 Å². The Kier molecular flexibility index (Phi) is 5.83. The quantitative estimate of drug-likeness (QED) is 0.798. The van der Waals surface area contributed by atoms with Crippen molar-refractivity contribution in [3.05, 3.63) is 23.8 Å². The number of rotatable bonds is 5. The number of nitrogens with zero attached hydrogens (tertiary/aromatic N) is 3. The van der Waals surface area contributed by atoms with E-state index in [0.29, 0.717) is 18.0 Å². The molecule has 0 saturated carbocycles. The van der Waals surface area contributed by atoms with Crippen molar-refractivity contribution < 1.29 is 9.84 Å². The van der Waals surface area contributed by atoms with E-state index in [9.17, 15) is 5.11 Å². The number of hydrogen-bond acceptors (Lipinski definition) is 5. The van der Waals surface area contributed by atoms with Crippen LogP contribution >= 0.6 is 0 Å². The highest BCUT2D eigenvalue weighted by atomic mass is 16.5. The van der Waals surface area contributed by atoms with Gasteiger partial charge in [0.2, 0.25) is 5.88 Å². The Labute approximate surface area is 173 Å². The Morgan fingerprint density at radius 3 is 2.62 bits per heavy atom. The molecule has 0 atom stereocenters. The van der Waals surface area contributed by atoms with Crippen LogP contribution in [0.1, 0.15) is 52.1 Å². The molecular formula is C23H34N4O2. The first kappa shape index (κ1) is 20.2. The summed E-state index contributed by atoms with van der Waals surface area (Å²) in [5.74, 6) is 0.359. The summed E-state index contributed by atoms with van der Waals surface area (Å²) >= 11 is 0. The molecule has 1 aromatic carbocycles. The molecule has 4 rings (SSSR count). The van der Waals surface area contributed by atoms with Crippen molar-refractivity contribution in [2.24, 2.45) is 4.99 Å². The molecular weight excluding hydrogens is 364 g/mol. The molecule has 0 amide bonds. The molecule has 6 heteroatoms. The van der Waals surface area contributed by atoms with Gasteiger partial charge in [-0.25, -0.2) is 0 Å². The molecule has 1 saturated heterocycles. The lowest BCUT2D eigenvalue weighted by Gasteiger charge is -2.30. The van der Waals surface area contributed by atoms with Gasteiger partial charge in [-0.3, -0.25) is 9.89 Å². The predicted octanol–water partition coefficient (Wildman–Crippen LogP) is 4.03. The van der Waals surface area contributed by atoms with Crippen molar-refractivity contribution in [1.29, 1.82) is 0 Å². The summed E-state index contributed by atoms with van der Waals surface area (Å²) in [5, 5.41) is 16.0. The second-order valence-corrected chi connectivity index (χ2v) is 8.84. The van der Waals surface area contributed by atoms with Gasteiger partial charge in [0, 0.05) is 55.5 Å². The first-order valence-corrected chi connectivity index (χ1v) is 10.9.